The standard InChI is InChI=1S/C11H16ClN3O/c12-10-5-14-11(15-6-10)16-7-9-3-1-2-8(9)4-13/h5-6,8-9H,1-4,7,13H2. The molecular formula is C11H16ClN3O. The van der Waals surface area contributed by atoms with Gasteiger partial charge in [0, 0.05) is 0 Å². The summed E-state index contributed by atoms with van der Waals surface area (Å²) >= 11 is 5.69. The fraction of sp³-hybridized carbons (Fsp3) is 0.636. The number of nitrogens with zero attached hydrogens (tertiary/aromatic N) is 2. The maximum absolute atomic E-state index is 5.71. The molecule has 1 aliphatic carbocycles. The zero-order chi connectivity index (χ0) is 11.4. The van der Waals surface area contributed by atoms with Crippen LogP contribution in [0, 0.1) is 11.8 Å². The Balaban J connectivity index is 1.85. The lowest BCUT2D eigenvalue weighted by Gasteiger charge is -2.17. The Morgan fingerprint density at radius 2 is 2.00 bits per heavy atom. The fourth-order valence-electron chi connectivity index (χ4n) is 2.20. The highest BCUT2D eigenvalue weighted by molar-refractivity contribution is 6.30. The summed E-state index contributed by atoms with van der Waals surface area (Å²) in [5.41, 5.74) is 5.71. The quantitative estimate of drug-likeness (QED) is 0.875. The number of ether oxygens (including phenoxy) is 1. The van der Waals surface area contributed by atoms with Crippen LogP contribution in [-0.4, -0.2) is 23.1 Å². The third kappa shape index (κ3) is 2.83. The molecule has 0 radical (unpaired) electrons. The number of aromatic nitrogens is 2. The van der Waals surface area contributed by atoms with E-state index in [1.807, 2.05) is 0 Å². The van der Waals surface area contributed by atoms with E-state index < -0.39 is 0 Å². The molecule has 1 saturated carbocycles. The van der Waals surface area contributed by atoms with Gasteiger partial charge in [-0.15, -0.1) is 0 Å². The van der Waals surface area contributed by atoms with Crippen LogP contribution in [0.3, 0.4) is 0 Å². The largest absolute Gasteiger partial charge is 0.463 e. The molecule has 1 aliphatic rings. The van der Waals surface area contributed by atoms with Crippen LogP contribution in [0.15, 0.2) is 12.4 Å². The molecule has 2 N–H and O–H groups in total. The van der Waals surface area contributed by atoms with E-state index in [-0.39, 0.29) is 0 Å². The number of halogens is 1. The molecule has 2 rings (SSSR count). The lowest BCUT2D eigenvalue weighted by atomic mass is 9.97. The van der Waals surface area contributed by atoms with Crippen LogP contribution in [0.2, 0.25) is 5.02 Å². The van der Waals surface area contributed by atoms with E-state index >= 15 is 0 Å². The Labute approximate surface area is 100 Å². The van der Waals surface area contributed by atoms with Crippen molar-refractivity contribution in [2.75, 3.05) is 13.2 Å². The molecule has 0 amide bonds. The van der Waals surface area contributed by atoms with Gasteiger partial charge in [0.2, 0.25) is 0 Å². The second-order valence-electron chi connectivity index (χ2n) is 4.18. The van der Waals surface area contributed by atoms with Crippen LogP contribution in [0.25, 0.3) is 0 Å². The summed E-state index contributed by atoms with van der Waals surface area (Å²) in [5, 5.41) is 0.521. The first-order chi connectivity index (χ1) is 7.79. The van der Waals surface area contributed by atoms with E-state index in [0.29, 0.717) is 29.5 Å². The Morgan fingerprint density at radius 3 is 2.69 bits per heavy atom. The van der Waals surface area contributed by atoms with E-state index in [1.165, 1.54) is 19.3 Å². The van der Waals surface area contributed by atoms with E-state index in [1.54, 1.807) is 12.4 Å². The molecule has 16 heavy (non-hydrogen) atoms. The fourth-order valence-corrected chi connectivity index (χ4v) is 2.30. The van der Waals surface area contributed by atoms with Crippen molar-refractivity contribution in [1.29, 1.82) is 0 Å². The van der Waals surface area contributed by atoms with Crippen molar-refractivity contribution in [3.8, 4) is 6.01 Å². The molecule has 2 atom stereocenters. The van der Waals surface area contributed by atoms with Gasteiger partial charge in [0.25, 0.3) is 0 Å². The molecule has 0 spiro atoms. The minimum atomic E-state index is 0.395. The molecule has 4 nitrogen and oxygen atoms in total. The van der Waals surface area contributed by atoms with E-state index in [4.69, 9.17) is 22.1 Å². The monoisotopic (exact) mass is 241 g/mol. The van der Waals surface area contributed by atoms with Crippen LogP contribution in [0.1, 0.15) is 19.3 Å². The highest BCUT2D eigenvalue weighted by atomic mass is 35.5. The summed E-state index contributed by atoms with van der Waals surface area (Å²) in [6.45, 7) is 1.40. The van der Waals surface area contributed by atoms with Crippen LogP contribution in [0.4, 0.5) is 0 Å². The Morgan fingerprint density at radius 1 is 1.31 bits per heavy atom. The average molecular weight is 242 g/mol. The minimum absolute atomic E-state index is 0.395. The van der Waals surface area contributed by atoms with Crippen molar-refractivity contribution in [3.63, 3.8) is 0 Å². The SMILES string of the molecule is NCC1CCCC1COc1ncc(Cl)cn1. The molecule has 1 aromatic rings. The second kappa shape index (κ2) is 5.46. The third-order valence-corrected chi connectivity index (χ3v) is 3.34. The predicted molar refractivity (Wildman–Crippen MR) is 62.4 cm³/mol. The van der Waals surface area contributed by atoms with E-state index in [2.05, 4.69) is 9.97 Å². The lowest BCUT2D eigenvalue weighted by Crippen LogP contribution is -2.23. The molecular weight excluding hydrogens is 226 g/mol. The maximum atomic E-state index is 5.71. The Bertz CT molecular complexity index is 331. The molecule has 1 heterocycles. The Hall–Kier alpha value is -0.870. The summed E-state index contributed by atoms with van der Waals surface area (Å²) in [4.78, 5) is 7.99. The lowest BCUT2D eigenvalue weighted by molar-refractivity contribution is 0.203. The first-order valence-electron chi connectivity index (χ1n) is 5.60. The van der Waals surface area contributed by atoms with Crippen molar-refractivity contribution in [1.82, 2.24) is 9.97 Å². The predicted octanol–water partition coefficient (Wildman–Crippen LogP) is 1.88. The molecule has 1 aromatic heterocycles. The topological polar surface area (TPSA) is 61.0 Å². The molecule has 0 aliphatic heterocycles. The van der Waals surface area contributed by atoms with Crippen molar-refractivity contribution in [3.05, 3.63) is 17.4 Å². The van der Waals surface area contributed by atoms with Gasteiger partial charge in [0.1, 0.15) is 0 Å². The smallest absolute Gasteiger partial charge is 0.316 e. The van der Waals surface area contributed by atoms with Gasteiger partial charge in [-0.2, -0.15) is 0 Å². The summed E-state index contributed by atoms with van der Waals surface area (Å²) in [7, 11) is 0. The average Bonchev–Trinajstić information content (AvgIpc) is 2.76. The van der Waals surface area contributed by atoms with Gasteiger partial charge in [0.15, 0.2) is 0 Å². The van der Waals surface area contributed by atoms with Crippen LogP contribution in [0.5, 0.6) is 6.01 Å². The normalized spacial score (nSPS) is 24.6. The van der Waals surface area contributed by atoms with Crippen molar-refractivity contribution >= 4 is 11.6 Å². The number of rotatable bonds is 4. The first-order valence-corrected chi connectivity index (χ1v) is 5.98. The zero-order valence-corrected chi connectivity index (χ0v) is 9.86. The number of hydrogen-bond acceptors (Lipinski definition) is 4. The van der Waals surface area contributed by atoms with Crippen molar-refractivity contribution < 1.29 is 4.74 Å². The summed E-state index contributed by atoms with van der Waals surface area (Å²) in [6.07, 6.45) is 6.73. The molecule has 2 unspecified atom stereocenters. The summed E-state index contributed by atoms with van der Waals surface area (Å²) < 4.78 is 5.54. The number of nitrogens with two attached hydrogens (primary N) is 1. The van der Waals surface area contributed by atoms with Gasteiger partial charge in [-0.1, -0.05) is 18.0 Å². The van der Waals surface area contributed by atoms with Crippen molar-refractivity contribution in [2.24, 2.45) is 17.6 Å². The van der Waals surface area contributed by atoms with Gasteiger partial charge < -0.3 is 10.5 Å². The van der Waals surface area contributed by atoms with Gasteiger partial charge >= 0.3 is 6.01 Å². The van der Waals surface area contributed by atoms with Crippen LogP contribution >= 0.6 is 11.6 Å². The van der Waals surface area contributed by atoms with Gasteiger partial charge in [-0.05, 0) is 31.2 Å². The highest BCUT2D eigenvalue weighted by Crippen LogP contribution is 2.31. The maximum Gasteiger partial charge on any atom is 0.316 e. The van der Waals surface area contributed by atoms with Gasteiger partial charge in [-0.3, -0.25) is 0 Å². The molecule has 5 heteroatoms. The molecule has 0 bridgehead atoms. The summed E-state index contributed by atoms with van der Waals surface area (Å²) in [6, 6.07) is 0.395. The summed E-state index contributed by atoms with van der Waals surface area (Å²) in [5.74, 6) is 1.14. The minimum Gasteiger partial charge on any atom is -0.463 e. The molecule has 88 valence electrons. The third-order valence-electron chi connectivity index (χ3n) is 3.14. The second-order valence-corrected chi connectivity index (χ2v) is 4.62. The first kappa shape index (κ1) is 11.6. The molecule has 1 fully saturated rings. The van der Waals surface area contributed by atoms with Gasteiger partial charge in [0.05, 0.1) is 24.0 Å². The number of hydrogen-bond donors (Lipinski definition) is 1. The molecule has 0 aromatic carbocycles. The Kier molecular flexibility index (Phi) is 3.96. The molecule has 0 saturated heterocycles. The van der Waals surface area contributed by atoms with E-state index in [0.717, 1.165) is 6.54 Å². The van der Waals surface area contributed by atoms with Crippen LogP contribution < -0.4 is 10.5 Å². The van der Waals surface area contributed by atoms with Crippen LogP contribution in [-0.2, 0) is 0 Å². The highest BCUT2D eigenvalue weighted by Gasteiger charge is 2.26. The van der Waals surface area contributed by atoms with Crippen molar-refractivity contribution in [2.45, 2.75) is 19.3 Å². The zero-order valence-electron chi connectivity index (χ0n) is 9.10. The van der Waals surface area contributed by atoms with Gasteiger partial charge in [-0.25, -0.2) is 9.97 Å². The van der Waals surface area contributed by atoms with E-state index in [9.17, 15) is 0 Å².